The number of ether oxygens (including phenoxy) is 1. The number of nitrogens with zero attached hydrogens (tertiary/aromatic N) is 3. The third-order valence-electron chi connectivity index (χ3n) is 3.39. The van der Waals surface area contributed by atoms with Gasteiger partial charge >= 0.3 is 0 Å². The minimum absolute atomic E-state index is 0.0124. The lowest BCUT2D eigenvalue weighted by molar-refractivity contribution is -0.0587. The molecular formula is C14H23N5O2. The Bertz CT molecular complexity index is 510. The van der Waals surface area contributed by atoms with Crippen molar-refractivity contribution in [3.8, 4) is 0 Å². The number of rotatable bonds is 3. The molecule has 116 valence electrons. The highest BCUT2D eigenvalue weighted by molar-refractivity contribution is 5.97. The summed E-state index contributed by atoms with van der Waals surface area (Å²) in [5.41, 5.74) is 3.26. The number of anilines is 1. The summed E-state index contributed by atoms with van der Waals surface area (Å²) in [7, 11) is 0. The average Bonchev–Trinajstić information content (AvgIpc) is 2.44. The zero-order valence-electron chi connectivity index (χ0n) is 13.0. The van der Waals surface area contributed by atoms with Gasteiger partial charge in [-0.25, -0.2) is 9.97 Å². The van der Waals surface area contributed by atoms with Gasteiger partial charge in [0.2, 0.25) is 0 Å². The molecule has 0 aliphatic carbocycles. The molecule has 7 heteroatoms. The maximum Gasteiger partial charge on any atom is 0.274 e. The van der Waals surface area contributed by atoms with Crippen LogP contribution in [0.2, 0.25) is 0 Å². The number of nitrogens with two attached hydrogens (primary N) is 1. The van der Waals surface area contributed by atoms with Crippen molar-refractivity contribution in [2.24, 2.45) is 5.84 Å². The van der Waals surface area contributed by atoms with Gasteiger partial charge in [-0.3, -0.25) is 10.6 Å². The van der Waals surface area contributed by atoms with E-state index >= 15 is 0 Å². The van der Waals surface area contributed by atoms with Gasteiger partial charge in [-0.1, -0.05) is 13.8 Å². The van der Waals surface area contributed by atoms with Crippen molar-refractivity contribution in [2.75, 3.05) is 18.5 Å². The maximum absolute atomic E-state index is 12.7. The summed E-state index contributed by atoms with van der Waals surface area (Å²) in [5, 5.41) is 0. The minimum Gasteiger partial charge on any atom is -0.372 e. The van der Waals surface area contributed by atoms with Crippen molar-refractivity contribution in [1.82, 2.24) is 14.9 Å². The number of hydrogen-bond acceptors (Lipinski definition) is 6. The smallest absolute Gasteiger partial charge is 0.274 e. The monoisotopic (exact) mass is 293 g/mol. The van der Waals surface area contributed by atoms with Crippen molar-refractivity contribution in [2.45, 2.75) is 45.8 Å². The normalized spacial score (nSPS) is 22.5. The Morgan fingerprint density at radius 2 is 2.05 bits per heavy atom. The average molecular weight is 293 g/mol. The van der Waals surface area contributed by atoms with E-state index in [9.17, 15) is 4.79 Å². The molecule has 1 aliphatic heterocycles. The van der Waals surface area contributed by atoms with Gasteiger partial charge in [0.15, 0.2) is 5.69 Å². The summed E-state index contributed by atoms with van der Waals surface area (Å²) in [6.07, 6.45) is 1.58. The fraction of sp³-hybridized carbons (Fsp3) is 0.643. The molecule has 1 aromatic rings. The number of amides is 1. The number of nitrogens with one attached hydrogen (secondary N) is 1. The highest BCUT2D eigenvalue weighted by Gasteiger charge is 2.29. The van der Waals surface area contributed by atoms with Crippen LogP contribution in [0.25, 0.3) is 0 Å². The summed E-state index contributed by atoms with van der Waals surface area (Å²) in [6.45, 7) is 8.98. The Hall–Kier alpha value is -1.73. The molecule has 7 nitrogen and oxygen atoms in total. The molecule has 2 heterocycles. The molecule has 0 bridgehead atoms. The number of carbonyl (C=O) groups excluding carboxylic acids is 1. The molecule has 0 saturated carbocycles. The van der Waals surface area contributed by atoms with E-state index in [0.717, 1.165) is 0 Å². The van der Waals surface area contributed by atoms with Gasteiger partial charge in [0.25, 0.3) is 5.91 Å². The first kappa shape index (κ1) is 15.7. The van der Waals surface area contributed by atoms with Crippen molar-refractivity contribution in [3.63, 3.8) is 0 Å². The fourth-order valence-corrected chi connectivity index (χ4v) is 2.44. The highest BCUT2D eigenvalue weighted by atomic mass is 16.5. The molecule has 1 fully saturated rings. The Kier molecular flexibility index (Phi) is 4.74. The minimum atomic E-state index is -0.144. The lowest BCUT2D eigenvalue weighted by atomic mass is 10.1. The molecule has 0 aromatic carbocycles. The van der Waals surface area contributed by atoms with E-state index in [-0.39, 0.29) is 24.0 Å². The summed E-state index contributed by atoms with van der Waals surface area (Å²) in [6, 6.07) is 0. The molecule has 1 aliphatic rings. The number of carbonyl (C=O) groups is 1. The molecular weight excluding hydrogens is 270 g/mol. The van der Waals surface area contributed by atoms with Crippen molar-refractivity contribution < 1.29 is 9.53 Å². The lowest BCUT2D eigenvalue weighted by Gasteiger charge is -2.35. The van der Waals surface area contributed by atoms with Crippen LogP contribution in [-0.4, -0.2) is 46.1 Å². The number of hydrazine groups is 1. The molecule has 1 saturated heterocycles. The van der Waals surface area contributed by atoms with E-state index in [1.54, 1.807) is 11.1 Å². The van der Waals surface area contributed by atoms with E-state index in [4.69, 9.17) is 10.6 Å². The van der Waals surface area contributed by atoms with Crippen LogP contribution in [0.1, 0.15) is 49.9 Å². The van der Waals surface area contributed by atoms with Crippen molar-refractivity contribution >= 4 is 11.6 Å². The first-order valence-electron chi connectivity index (χ1n) is 7.20. The Morgan fingerprint density at radius 3 is 2.57 bits per heavy atom. The molecule has 3 N–H and O–H groups in total. The number of nitrogen functional groups attached to an aromatic ring is 1. The van der Waals surface area contributed by atoms with Crippen LogP contribution < -0.4 is 11.3 Å². The maximum atomic E-state index is 12.7. The van der Waals surface area contributed by atoms with Gasteiger partial charge in [-0.15, -0.1) is 0 Å². The van der Waals surface area contributed by atoms with Gasteiger partial charge in [0.1, 0.15) is 5.82 Å². The van der Waals surface area contributed by atoms with Gasteiger partial charge in [-0.05, 0) is 13.8 Å². The zero-order chi connectivity index (χ0) is 15.6. The second-order valence-corrected chi connectivity index (χ2v) is 5.76. The predicted octanol–water partition coefficient (Wildman–Crippen LogP) is 1.13. The second kappa shape index (κ2) is 6.36. The molecule has 1 aromatic heterocycles. The van der Waals surface area contributed by atoms with Crippen LogP contribution in [0.5, 0.6) is 0 Å². The van der Waals surface area contributed by atoms with E-state index in [0.29, 0.717) is 30.3 Å². The summed E-state index contributed by atoms with van der Waals surface area (Å²) < 4.78 is 5.65. The van der Waals surface area contributed by atoms with Crippen LogP contribution >= 0.6 is 0 Å². The quantitative estimate of drug-likeness (QED) is 0.641. The van der Waals surface area contributed by atoms with Crippen molar-refractivity contribution in [3.05, 3.63) is 17.7 Å². The molecule has 2 rings (SSSR count). The summed E-state index contributed by atoms with van der Waals surface area (Å²) in [4.78, 5) is 23.1. The van der Waals surface area contributed by atoms with E-state index in [2.05, 4.69) is 15.4 Å². The van der Waals surface area contributed by atoms with E-state index in [1.165, 1.54) is 0 Å². The number of morpholine rings is 1. The third kappa shape index (κ3) is 3.48. The standard InChI is InChI=1S/C14H23N5O2/c1-8(2)13-16-5-11(18-15)12(17-13)14(20)19-6-9(3)21-10(4)7-19/h5,8-10,18H,6-7,15H2,1-4H3/t9-,10+. The Morgan fingerprint density at radius 1 is 1.43 bits per heavy atom. The molecule has 0 spiro atoms. The van der Waals surface area contributed by atoms with Crippen LogP contribution in [0.3, 0.4) is 0 Å². The molecule has 0 radical (unpaired) electrons. The predicted molar refractivity (Wildman–Crippen MR) is 79.8 cm³/mol. The summed E-state index contributed by atoms with van der Waals surface area (Å²) in [5.74, 6) is 6.10. The molecule has 0 unspecified atom stereocenters. The second-order valence-electron chi connectivity index (χ2n) is 5.76. The largest absolute Gasteiger partial charge is 0.372 e. The van der Waals surface area contributed by atoms with Gasteiger partial charge in [0.05, 0.1) is 24.1 Å². The van der Waals surface area contributed by atoms with Gasteiger partial charge < -0.3 is 15.1 Å². The molecule has 21 heavy (non-hydrogen) atoms. The van der Waals surface area contributed by atoms with Crippen LogP contribution in [0, 0.1) is 0 Å². The highest BCUT2D eigenvalue weighted by Crippen LogP contribution is 2.19. The third-order valence-corrected chi connectivity index (χ3v) is 3.39. The summed E-state index contributed by atoms with van der Waals surface area (Å²) >= 11 is 0. The SMILES string of the molecule is CC(C)c1ncc(NN)c(C(=O)N2C[C@@H](C)O[C@@H](C)C2)n1. The first-order chi connectivity index (χ1) is 9.92. The number of hydrogen-bond donors (Lipinski definition) is 2. The Labute approximate surface area is 124 Å². The van der Waals surface area contributed by atoms with Crippen LogP contribution in [-0.2, 0) is 4.74 Å². The van der Waals surface area contributed by atoms with Crippen LogP contribution in [0.15, 0.2) is 6.20 Å². The molecule has 1 amide bonds. The van der Waals surface area contributed by atoms with E-state index < -0.39 is 0 Å². The first-order valence-corrected chi connectivity index (χ1v) is 7.20. The van der Waals surface area contributed by atoms with Gasteiger partial charge in [0, 0.05) is 19.0 Å². The van der Waals surface area contributed by atoms with Crippen LogP contribution in [0.4, 0.5) is 5.69 Å². The zero-order valence-corrected chi connectivity index (χ0v) is 13.0. The topological polar surface area (TPSA) is 93.4 Å². The lowest BCUT2D eigenvalue weighted by Crippen LogP contribution is -2.48. The fourth-order valence-electron chi connectivity index (χ4n) is 2.44. The van der Waals surface area contributed by atoms with Gasteiger partial charge in [-0.2, -0.15) is 0 Å². The Balaban J connectivity index is 2.30. The number of aromatic nitrogens is 2. The van der Waals surface area contributed by atoms with Crippen molar-refractivity contribution in [1.29, 1.82) is 0 Å². The molecule has 2 atom stereocenters. The van der Waals surface area contributed by atoms with E-state index in [1.807, 2.05) is 27.7 Å².